The van der Waals surface area contributed by atoms with Gasteiger partial charge in [-0.25, -0.2) is 9.78 Å². The van der Waals surface area contributed by atoms with E-state index in [1.165, 1.54) is 6.08 Å². The summed E-state index contributed by atoms with van der Waals surface area (Å²) >= 11 is 12.3. The van der Waals surface area contributed by atoms with Gasteiger partial charge >= 0.3 is 5.97 Å². The van der Waals surface area contributed by atoms with Crippen LogP contribution in [0.1, 0.15) is 21.5 Å². The maximum atomic E-state index is 13.3. The Hall–Kier alpha value is -3.41. The lowest BCUT2D eigenvalue weighted by Gasteiger charge is -2.08. The van der Waals surface area contributed by atoms with Crippen LogP contribution in [0.2, 0.25) is 10.0 Å². The molecule has 2 N–H and O–H groups in total. The quantitative estimate of drug-likeness (QED) is 0.302. The van der Waals surface area contributed by atoms with E-state index in [1.807, 2.05) is 24.3 Å². The maximum absolute atomic E-state index is 13.3. The summed E-state index contributed by atoms with van der Waals surface area (Å²) in [6.45, 7) is 0. The summed E-state index contributed by atoms with van der Waals surface area (Å²) < 4.78 is 0. The minimum absolute atomic E-state index is 0.199. The first-order valence-corrected chi connectivity index (χ1v) is 9.67. The number of benzene rings is 2. The van der Waals surface area contributed by atoms with Gasteiger partial charge in [-0.2, -0.15) is 0 Å². The second kappa shape index (κ2) is 8.14. The van der Waals surface area contributed by atoms with E-state index in [0.717, 1.165) is 22.8 Å². The lowest BCUT2D eigenvalue weighted by atomic mass is 9.96. The number of carbonyl (C=O) groups is 2. The molecule has 5 nitrogen and oxygen atoms in total. The zero-order valence-corrected chi connectivity index (χ0v) is 16.9. The molecule has 2 heterocycles. The number of nitrogens with zero attached hydrogens (tertiary/aromatic N) is 1. The number of ketones is 1. The number of nitrogens with one attached hydrogen (secondary N) is 1. The first-order chi connectivity index (χ1) is 14.5. The number of aliphatic carboxylic acids is 1. The summed E-state index contributed by atoms with van der Waals surface area (Å²) in [7, 11) is 0. The van der Waals surface area contributed by atoms with Crippen LogP contribution in [0.4, 0.5) is 0 Å². The molecule has 148 valence electrons. The fraction of sp³-hybridized carbons (Fsp3) is 0. The average molecular weight is 437 g/mol. The van der Waals surface area contributed by atoms with E-state index in [4.69, 9.17) is 28.3 Å². The summed E-state index contributed by atoms with van der Waals surface area (Å²) in [6, 6.07) is 14.1. The van der Waals surface area contributed by atoms with Crippen molar-refractivity contribution >= 4 is 52.1 Å². The number of halogens is 2. The van der Waals surface area contributed by atoms with Crippen LogP contribution in [0.25, 0.3) is 28.2 Å². The Labute approximate surface area is 181 Å². The Balaban J connectivity index is 1.87. The number of rotatable bonds is 5. The van der Waals surface area contributed by atoms with Gasteiger partial charge in [-0.3, -0.25) is 4.79 Å². The fourth-order valence-electron chi connectivity index (χ4n) is 3.28. The van der Waals surface area contributed by atoms with Crippen LogP contribution in [-0.4, -0.2) is 26.8 Å². The third kappa shape index (κ3) is 3.73. The van der Waals surface area contributed by atoms with Crippen molar-refractivity contribution in [2.24, 2.45) is 0 Å². The van der Waals surface area contributed by atoms with Crippen LogP contribution in [0, 0.1) is 0 Å². The number of fused-ring (bicyclic) bond motifs is 1. The Morgan fingerprint density at radius 2 is 1.83 bits per heavy atom. The van der Waals surface area contributed by atoms with Gasteiger partial charge in [-0.15, -0.1) is 0 Å². The number of aromatic amines is 1. The van der Waals surface area contributed by atoms with Gasteiger partial charge in [0.1, 0.15) is 5.65 Å². The summed E-state index contributed by atoms with van der Waals surface area (Å²) in [5.41, 5.74) is 3.61. The third-order valence-electron chi connectivity index (χ3n) is 4.63. The summed E-state index contributed by atoms with van der Waals surface area (Å²) in [5.74, 6) is -1.30. The van der Waals surface area contributed by atoms with Gasteiger partial charge < -0.3 is 10.1 Å². The highest BCUT2D eigenvalue weighted by molar-refractivity contribution is 6.44. The molecule has 0 bridgehead atoms. The normalized spacial score (nSPS) is 11.3. The topological polar surface area (TPSA) is 83.0 Å². The van der Waals surface area contributed by atoms with Crippen molar-refractivity contribution in [3.63, 3.8) is 0 Å². The van der Waals surface area contributed by atoms with Gasteiger partial charge in [0.05, 0.1) is 15.6 Å². The van der Waals surface area contributed by atoms with E-state index < -0.39 is 5.97 Å². The molecular formula is C23H14Cl2N2O3. The zero-order chi connectivity index (χ0) is 21.3. The summed E-state index contributed by atoms with van der Waals surface area (Å²) in [4.78, 5) is 31.4. The SMILES string of the molecule is O=C(O)/C=C/c1cccc(-c2ccnc3[nH]cc(C(=O)c4cccc(Cl)c4Cl)c23)c1. The first-order valence-electron chi connectivity index (χ1n) is 8.92. The molecule has 0 amide bonds. The average Bonchev–Trinajstić information content (AvgIpc) is 3.18. The van der Waals surface area contributed by atoms with Crippen LogP contribution in [-0.2, 0) is 4.79 Å². The van der Waals surface area contributed by atoms with Gasteiger partial charge in [0.15, 0.2) is 5.78 Å². The molecule has 30 heavy (non-hydrogen) atoms. The molecule has 4 aromatic rings. The van der Waals surface area contributed by atoms with Crippen LogP contribution in [0.15, 0.2) is 67.0 Å². The first kappa shape index (κ1) is 19.9. The van der Waals surface area contributed by atoms with Crippen molar-refractivity contribution in [3.8, 4) is 11.1 Å². The van der Waals surface area contributed by atoms with Crippen LogP contribution in [0.3, 0.4) is 0 Å². The Kier molecular flexibility index (Phi) is 5.40. The number of H-pyrrole nitrogens is 1. The highest BCUT2D eigenvalue weighted by Crippen LogP contribution is 2.34. The fourth-order valence-corrected chi connectivity index (χ4v) is 3.66. The van der Waals surface area contributed by atoms with Gasteiger partial charge in [0.25, 0.3) is 0 Å². The van der Waals surface area contributed by atoms with E-state index in [2.05, 4.69) is 9.97 Å². The van der Waals surface area contributed by atoms with E-state index in [9.17, 15) is 9.59 Å². The number of carbonyl (C=O) groups excluding carboxylic acids is 1. The number of hydrogen-bond donors (Lipinski definition) is 2. The van der Waals surface area contributed by atoms with E-state index in [-0.39, 0.29) is 10.8 Å². The predicted octanol–water partition coefficient (Wildman–Crippen LogP) is 5.87. The highest BCUT2D eigenvalue weighted by Gasteiger charge is 2.21. The molecule has 0 spiro atoms. The monoisotopic (exact) mass is 436 g/mol. The standard InChI is InChI=1S/C23H14Cl2N2O3/c24-18-6-2-5-16(21(18)25)22(30)17-12-27-23-20(17)15(9-10-26-23)14-4-1-3-13(11-14)7-8-19(28)29/h1-12H,(H,26,27)(H,28,29)/b8-7+. The lowest BCUT2D eigenvalue weighted by Crippen LogP contribution is -2.02. The lowest BCUT2D eigenvalue weighted by molar-refractivity contribution is -0.131. The maximum Gasteiger partial charge on any atom is 0.328 e. The molecule has 0 aliphatic heterocycles. The summed E-state index contributed by atoms with van der Waals surface area (Å²) in [6.07, 6.45) is 5.84. The van der Waals surface area contributed by atoms with Crippen LogP contribution >= 0.6 is 23.2 Å². The summed E-state index contributed by atoms with van der Waals surface area (Å²) in [5, 5.41) is 10.0. The van der Waals surface area contributed by atoms with E-state index >= 15 is 0 Å². The molecule has 2 aromatic heterocycles. The Morgan fingerprint density at radius 1 is 1.03 bits per heavy atom. The molecule has 0 radical (unpaired) electrons. The number of pyridine rings is 1. The molecule has 0 unspecified atom stereocenters. The molecule has 0 fully saturated rings. The highest BCUT2D eigenvalue weighted by atomic mass is 35.5. The molecule has 0 aliphatic rings. The molecule has 2 aromatic carbocycles. The van der Waals surface area contributed by atoms with E-state index in [1.54, 1.807) is 36.7 Å². The van der Waals surface area contributed by atoms with Gasteiger partial charge in [-0.05, 0) is 47.0 Å². The number of aromatic nitrogens is 2. The van der Waals surface area contributed by atoms with Crippen LogP contribution in [0.5, 0.6) is 0 Å². The largest absolute Gasteiger partial charge is 0.478 e. The molecule has 0 saturated heterocycles. The molecule has 4 rings (SSSR count). The molecule has 0 aliphatic carbocycles. The zero-order valence-electron chi connectivity index (χ0n) is 15.4. The number of hydrogen-bond acceptors (Lipinski definition) is 3. The van der Waals surface area contributed by atoms with Gasteiger partial charge in [-0.1, -0.05) is 47.5 Å². The second-order valence-electron chi connectivity index (χ2n) is 6.51. The molecular weight excluding hydrogens is 423 g/mol. The van der Waals surface area contributed by atoms with Crippen molar-refractivity contribution in [2.75, 3.05) is 0 Å². The third-order valence-corrected chi connectivity index (χ3v) is 5.45. The van der Waals surface area contributed by atoms with Crippen molar-refractivity contribution in [1.82, 2.24) is 9.97 Å². The number of carboxylic acid groups (broad SMARTS) is 1. The van der Waals surface area contributed by atoms with Gasteiger partial charge in [0.2, 0.25) is 0 Å². The smallest absolute Gasteiger partial charge is 0.328 e. The van der Waals surface area contributed by atoms with Gasteiger partial charge in [0, 0.05) is 29.4 Å². The molecule has 0 saturated carbocycles. The second-order valence-corrected chi connectivity index (χ2v) is 7.30. The molecule has 0 atom stereocenters. The van der Waals surface area contributed by atoms with Crippen LogP contribution < -0.4 is 0 Å². The Bertz CT molecular complexity index is 1330. The predicted molar refractivity (Wildman–Crippen MR) is 118 cm³/mol. The van der Waals surface area contributed by atoms with Crippen molar-refractivity contribution in [2.45, 2.75) is 0 Å². The molecule has 7 heteroatoms. The van der Waals surface area contributed by atoms with E-state index in [0.29, 0.717) is 27.2 Å². The van der Waals surface area contributed by atoms with Crippen molar-refractivity contribution in [3.05, 3.63) is 93.7 Å². The minimum Gasteiger partial charge on any atom is -0.478 e. The Morgan fingerprint density at radius 3 is 2.63 bits per heavy atom. The number of carboxylic acids is 1. The minimum atomic E-state index is -1.02. The van der Waals surface area contributed by atoms with Crippen molar-refractivity contribution < 1.29 is 14.7 Å². The van der Waals surface area contributed by atoms with Crippen molar-refractivity contribution in [1.29, 1.82) is 0 Å².